The number of hydrogen-bond donors (Lipinski definition) is 0. The van der Waals surface area contributed by atoms with Crippen LogP contribution in [0.2, 0.25) is 5.02 Å². The minimum Gasteiger partial charge on any atom is -0.463 e. The van der Waals surface area contributed by atoms with Gasteiger partial charge in [0.2, 0.25) is 0 Å². The van der Waals surface area contributed by atoms with Crippen LogP contribution in [0.5, 0.6) is 0 Å². The van der Waals surface area contributed by atoms with Crippen molar-refractivity contribution in [3.05, 3.63) is 93.3 Å². The van der Waals surface area contributed by atoms with Crippen LogP contribution in [-0.4, -0.2) is 16.6 Å². The normalized spacial score (nSPS) is 16.6. The van der Waals surface area contributed by atoms with Crippen LogP contribution >= 0.6 is 27.5 Å². The topological polar surface area (TPSA) is 45.8 Å². The smallest absolute Gasteiger partial charge is 0.276 e. The van der Waals surface area contributed by atoms with E-state index in [0.29, 0.717) is 22.8 Å². The first-order chi connectivity index (χ1) is 12.6. The molecule has 0 bridgehead atoms. The lowest BCUT2D eigenvalue weighted by molar-refractivity contribution is 0.0711. The Hall–Kier alpha value is -2.37. The Bertz CT molecular complexity index is 985. The van der Waals surface area contributed by atoms with Gasteiger partial charge in [-0.3, -0.25) is 4.79 Å². The fraction of sp³-hybridized carbons (Fsp3) is 0.100. The number of nitrogens with zero attached hydrogens (tertiary/aromatic N) is 2. The Morgan fingerprint density at radius 3 is 2.73 bits per heavy atom. The van der Waals surface area contributed by atoms with Gasteiger partial charge in [-0.2, -0.15) is 5.10 Å². The van der Waals surface area contributed by atoms with Crippen LogP contribution in [0.3, 0.4) is 0 Å². The van der Waals surface area contributed by atoms with Crippen LogP contribution in [0, 0.1) is 0 Å². The van der Waals surface area contributed by atoms with Crippen LogP contribution in [0.4, 0.5) is 0 Å². The molecule has 130 valence electrons. The highest BCUT2D eigenvalue weighted by atomic mass is 79.9. The highest BCUT2D eigenvalue weighted by Crippen LogP contribution is 2.35. The summed E-state index contributed by atoms with van der Waals surface area (Å²) in [6, 6.07) is 18.3. The summed E-state index contributed by atoms with van der Waals surface area (Å²) in [5.74, 6) is 0.432. The molecule has 4 rings (SSSR count). The van der Waals surface area contributed by atoms with Gasteiger partial charge in [0, 0.05) is 10.9 Å². The Labute approximate surface area is 164 Å². The molecule has 0 saturated heterocycles. The van der Waals surface area contributed by atoms with E-state index in [1.54, 1.807) is 30.5 Å². The van der Waals surface area contributed by atoms with Gasteiger partial charge in [-0.1, -0.05) is 51.8 Å². The van der Waals surface area contributed by atoms with Crippen molar-refractivity contribution in [2.75, 3.05) is 0 Å². The molecular formula is C20H14BrClN2O2. The molecule has 1 amide bonds. The maximum Gasteiger partial charge on any atom is 0.276 e. The van der Waals surface area contributed by atoms with E-state index in [-0.39, 0.29) is 11.9 Å². The molecule has 1 aromatic heterocycles. The minimum absolute atomic E-state index is 0.226. The van der Waals surface area contributed by atoms with E-state index in [9.17, 15) is 4.79 Å². The lowest BCUT2D eigenvalue weighted by Gasteiger charge is -2.22. The number of furan rings is 1. The summed E-state index contributed by atoms with van der Waals surface area (Å²) in [7, 11) is 0. The zero-order chi connectivity index (χ0) is 18.1. The number of carbonyl (C=O) groups excluding carboxylic acids is 1. The third kappa shape index (κ3) is 3.20. The Kier molecular flexibility index (Phi) is 4.66. The Morgan fingerprint density at radius 2 is 2.00 bits per heavy atom. The van der Waals surface area contributed by atoms with Crippen LogP contribution in [0.15, 0.2) is 80.9 Å². The standard InChI is InChI=1S/C20H14BrClN2O2/c21-14-6-3-5-13(11-14)18-12-17(19-9-4-10-26-19)23-24(18)20(25)15-7-1-2-8-16(15)22/h1-11,18H,12H2/t18-/m0/s1. The van der Waals surface area contributed by atoms with Gasteiger partial charge in [-0.05, 0) is 42.0 Å². The summed E-state index contributed by atoms with van der Waals surface area (Å²) in [6.07, 6.45) is 2.17. The van der Waals surface area contributed by atoms with E-state index < -0.39 is 0 Å². The maximum absolute atomic E-state index is 13.1. The first-order valence-electron chi connectivity index (χ1n) is 8.08. The van der Waals surface area contributed by atoms with Crippen molar-refractivity contribution < 1.29 is 9.21 Å². The van der Waals surface area contributed by atoms with Crippen LogP contribution < -0.4 is 0 Å². The minimum atomic E-state index is -0.234. The van der Waals surface area contributed by atoms with Gasteiger partial charge in [0.25, 0.3) is 5.91 Å². The molecule has 1 atom stereocenters. The van der Waals surface area contributed by atoms with E-state index in [0.717, 1.165) is 15.7 Å². The summed E-state index contributed by atoms with van der Waals surface area (Å²) in [6.45, 7) is 0. The van der Waals surface area contributed by atoms with E-state index in [2.05, 4.69) is 21.0 Å². The third-order valence-corrected chi connectivity index (χ3v) is 5.08. The van der Waals surface area contributed by atoms with E-state index in [1.165, 1.54) is 5.01 Å². The lowest BCUT2D eigenvalue weighted by atomic mass is 10.0. The fourth-order valence-corrected chi connectivity index (χ4v) is 3.65. The second-order valence-corrected chi connectivity index (χ2v) is 7.25. The zero-order valence-electron chi connectivity index (χ0n) is 13.6. The van der Waals surface area contributed by atoms with Gasteiger partial charge in [0.1, 0.15) is 11.5 Å². The molecule has 2 heterocycles. The van der Waals surface area contributed by atoms with Crippen molar-refractivity contribution in [2.45, 2.75) is 12.5 Å². The quantitative estimate of drug-likeness (QED) is 0.537. The molecule has 4 nitrogen and oxygen atoms in total. The molecule has 0 N–H and O–H groups in total. The number of hydrogen-bond acceptors (Lipinski definition) is 3. The predicted molar refractivity (Wildman–Crippen MR) is 104 cm³/mol. The summed E-state index contributed by atoms with van der Waals surface area (Å²) in [5.41, 5.74) is 2.16. The van der Waals surface area contributed by atoms with E-state index >= 15 is 0 Å². The zero-order valence-corrected chi connectivity index (χ0v) is 15.9. The summed E-state index contributed by atoms with van der Waals surface area (Å²) in [5, 5.41) is 6.48. The van der Waals surface area contributed by atoms with Crippen molar-refractivity contribution in [2.24, 2.45) is 5.10 Å². The van der Waals surface area contributed by atoms with Crippen LogP contribution in [-0.2, 0) is 0 Å². The fourth-order valence-electron chi connectivity index (χ4n) is 3.02. The van der Waals surface area contributed by atoms with Gasteiger partial charge in [0.15, 0.2) is 0 Å². The number of amides is 1. The van der Waals surface area contributed by atoms with Crippen molar-refractivity contribution in [3.63, 3.8) is 0 Å². The molecule has 26 heavy (non-hydrogen) atoms. The van der Waals surface area contributed by atoms with Gasteiger partial charge in [-0.25, -0.2) is 5.01 Å². The highest BCUT2D eigenvalue weighted by Gasteiger charge is 2.35. The molecule has 1 aliphatic rings. The highest BCUT2D eigenvalue weighted by molar-refractivity contribution is 9.10. The molecule has 0 radical (unpaired) electrons. The van der Waals surface area contributed by atoms with Gasteiger partial charge >= 0.3 is 0 Å². The number of carbonyl (C=O) groups is 1. The van der Waals surface area contributed by atoms with E-state index in [4.69, 9.17) is 16.0 Å². The summed E-state index contributed by atoms with van der Waals surface area (Å²) in [4.78, 5) is 13.1. The van der Waals surface area contributed by atoms with Crippen LogP contribution in [0.25, 0.3) is 0 Å². The second kappa shape index (κ2) is 7.09. The maximum atomic E-state index is 13.1. The average Bonchev–Trinajstić information content (AvgIpc) is 3.31. The van der Waals surface area contributed by atoms with Crippen LogP contribution in [0.1, 0.15) is 34.1 Å². The molecule has 0 fully saturated rings. The van der Waals surface area contributed by atoms with Crippen molar-refractivity contribution in [1.29, 1.82) is 0 Å². The van der Waals surface area contributed by atoms with Crippen molar-refractivity contribution in [1.82, 2.24) is 5.01 Å². The lowest BCUT2D eigenvalue weighted by Crippen LogP contribution is -2.27. The van der Waals surface area contributed by atoms with Crippen molar-refractivity contribution in [3.8, 4) is 0 Å². The Balaban J connectivity index is 1.76. The predicted octanol–water partition coefficient (Wildman–Crippen LogP) is 5.69. The number of halogens is 2. The molecule has 0 spiro atoms. The van der Waals surface area contributed by atoms with Crippen molar-refractivity contribution >= 4 is 39.1 Å². The van der Waals surface area contributed by atoms with Gasteiger partial charge in [-0.15, -0.1) is 0 Å². The largest absolute Gasteiger partial charge is 0.463 e. The first-order valence-corrected chi connectivity index (χ1v) is 9.25. The third-order valence-electron chi connectivity index (χ3n) is 4.26. The SMILES string of the molecule is O=C(c1ccccc1Cl)N1N=C(c2ccco2)C[C@H]1c1cccc(Br)c1. The number of rotatable bonds is 3. The van der Waals surface area contributed by atoms with E-state index in [1.807, 2.05) is 36.4 Å². The molecule has 3 aromatic rings. The second-order valence-electron chi connectivity index (χ2n) is 5.93. The first kappa shape index (κ1) is 17.1. The summed E-state index contributed by atoms with van der Waals surface area (Å²) < 4.78 is 6.43. The average molecular weight is 430 g/mol. The molecule has 0 saturated carbocycles. The summed E-state index contributed by atoms with van der Waals surface area (Å²) >= 11 is 9.73. The number of hydrazone groups is 1. The number of benzene rings is 2. The molecule has 0 unspecified atom stereocenters. The van der Waals surface area contributed by atoms with Gasteiger partial charge in [0.05, 0.1) is 22.9 Å². The monoisotopic (exact) mass is 428 g/mol. The molecule has 1 aliphatic heterocycles. The van der Waals surface area contributed by atoms with Gasteiger partial charge < -0.3 is 4.42 Å². The Morgan fingerprint density at radius 1 is 1.15 bits per heavy atom. The molecule has 6 heteroatoms. The molecule has 2 aromatic carbocycles. The molecular weight excluding hydrogens is 416 g/mol. The molecule has 0 aliphatic carbocycles.